The summed E-state index contributed by atoms with van der Waals surface area (Å²) in [5.41, 5.74) is 0.953. The van der Waals surface area contributed by atoms with Crippen LogP contribution < -0.4 is 19.0 Å². The van der Waals surface area contributed by atoms with E-state index in [0.717, 1.165) is 10.2 Å². The first kappa shape index (κ1) is 23.8. The van der Waals surface area contributed by atoms with Crippen LogP contribution in [0.1, 0.15) is 19.8 Å². The summed E-state index contributed by atoms with van der Waals surface area (Å²) in [6.07, 6.45) is 0.870. The lowest BCUT2D eigenvalue weighted by Crippen LogP contribution is -2.40. The van der Waals surface area contributed by atoms with E-state index < -0.39 is 10.0 Å². The van der Waals surface area contributed by atoms with Crippen LogP contribution in [0.4, 0.5) is 0 Å². The summed E-state index contributed by atoms with van der Waals surface area (Å²) < 4.78 is 46.9. The van der Waals surface area contributed by atoms with Crippen molar-refractivity contribution in [2.45, 2.75) is 31.2 Å². The number of nitrogens with zero attached hydrogens (tertiary/aromatic N) is 3. The molecule has 0 spiro atoms. The number of methoxy groups -OCH3 is 1. The number of hydrogen-bond acceptors (Lipinski definition) is 7. The van der Waals surface area contributed by atoms with E-state index in [1.54, 1.807) is 24.3 Å². The Hall–Kier alpha value is -2.89. The lowest BCUT2D eigenvalue weighted by atomic mass is 9.98. The number of fused-ring (bicyclic) bond motifs is 2. The van der Waals surface area contributed by atoms with Gasteiger partial charge < -0.3 is 18.8 Å². The largest absolute Gasteiger partial charge is 0.497 e. The summed E-state index contributed by atoms with van der Waals surface area (Å²) in [6, 6.07) is 10.2. The highest BCUT2D eigenvalue weighted by Gasteiger charge is 2.32. The third-order valence-corrected chi connectivity index (χ3v) is 9.32. The summed E-state index contributed by atoms with van der Waals surface area (Å²) in [5.74, 6) is 1.48. The van der Waals surface area contributed by atoms with E-state index in [4.69, 9.17) is 14.2 Å². The third-order valence-electron chi connectivity index (χ3n) is 6.37. The number of sulfonamides is 1. The van der Waals surface area contributed by atoms with Crippen molar-refractivity contribution in [3.8, 4) is 17.2 Å². The van der Waals surface area contributed by atoms with Crippen molar-refractivity contribution in [1.29, 1.82) is 0 Å². The van der Waals surface area contributed by atoms with Crippen molar-refractivity contribution >= 4 is 37.5 Å². The zero-order valence-electron chi connectivity index (χ0n) is 19.6. The molecular formula is C24H27N3O6S2. The first-order valence-electron chi connectivity index (χ1n) is 11.6. The van der Waals surface area contributed by atoms with Gasteiger partial charge in [0.05, 0.1) is 22.2 Å². The van der Waals surface area contributed by atoms with E-state index in [9.17, 15) is 13.2 Å². The molecule has 0 aliphatic carbocycles. The van der Waals surface area contributed by atoms with Crippen molar-refractivity contribution in [2.24, 2.45) is 10.9 Å². The molecule has 2 aliphatic rings. The second-order valence-electron chi connectivity index (χ2n) is 8.40. The maximum absolute atomic E-state index is 13.1. The van der Waals surface area contributed by atoms with Gasteiger partial charge in [-0.25, -0.2) is 8.42 Å². The van der Waals surface area contributed by atoms with Crippen molar-refractivity contribution in [3.05, 3.63) is 41.2 Å². The molecular weight excluding hydrogens is 490 g/mol. The fourth-order valence-corrected chi connectivity index (χ4v) is 7.00. The number of aromatic nitrogens is 1. The highest BCUT2D eigenvalue weighted by molar-refractivity contribution is 7.89. The summed E-state index contributed by atoms with van der Waals surface area (Å²) in [5, 5.41) is 0. The molecule has 5 rings (SSSR count). The average Bonchev–Trinajstić information content (AvgIpc) is 3.22. The molecule has 0 saturated carbocycles. The number of benzene rings is 2. The first-order valence-corrected chi connectivity index (χ1v) is 13.8. The maximum Gasteiger partial charge on any atom is 0.251 e. The van der Waals surface area contributed by atoms with Crippen LogP contribution in [0.5, 0.6) is 17.2 Å². The van der Waals surface area contributed by atoms with E-state index in [0.29, 0.717) is 54.7 Å². The van der Waals surface area contributed by atoms with Crippen molar-refractivity contribution in [2.75, 3.05) is 33.4 Å². The zero-order chi connectivity index (χ0) is 24.6. The second-order valence-corrected chi connectivity index (χ2v) is 11.3. The molecule has 186 valence electrons. The van der Waals surface area contributed by atoms with Gasteiger partial charge in [-0.05, 0) is 44.0 Å². The summed E-state index contributed by atoms with van der Waals surface area (Å²) in [4.78, 5) is 18.4. The molecule has 0 unspecified atom stereocenters. The highest BCUT2D eigenvalue weighted by atomic mass is 32.2. The molecule has 3 aromatic rings. The van der Waals surface area contributed by atoms with Gasteiger partial charge in [-0.2, -0.15) is 9.30 Å². The minimum absolute atomic E-state index is 0.211. The molecule has 11 heteroatoms. The van der Waals surface area contributed by atoms with E-state index in [-0.39, 0.29) is 29.8 Å². The molecule has 0 N–H and O–H groups in total. The Morgan fingerprint density at radius 2 is 1.77 bits per heavy atom. The number of aryl methyl sites for hydroxylation is 1. The van der Waals surface area contributed by atoms with Crippen molar-refractivity contribution in [1.82, 2.24) is 8.87 Å². The number of rotatable bonds is 5. The van der Waals surface area contributed by atoms with Gasteiger partial charge in [0.25, 0.3) is 5.91 Å². The van der Waals surface area contributed by atoms with Gasteiger partial charge in [-0.1, -0.05) is 11.3 Å². The second kappa shape index (κ2) is 9.63. The Balaban J connectivity index is 1.33. The molecule has 0 radical (unpaired) electrons. The monoisotopic (exact) mass is 517 g/mol. The van der Waals surface area contributed by atoms with Crippen LogP contribution >= 0.6 is 11.3 Å². The molecule has 3 heterocycles. The summed E-state index contributed by atoms with van der Waals surface area (Å²) in [6.45, 7) is 4.25. The standard InChI is InChI=1S/C24H27N3O6S2/c1-3-27-19-14-20-21(33-13-12-32-20)15-22(19)34-24(27)25-23(28)16-8-10-26(11-9-16)35(29,30)18-6-4-17(31-2)5-7-18/h4-7,14-16H,3,8-13H2,1-2H3. The van der Waals surface area contributed by atoms with Crippen LogP contribution in [0, 0.1) is 5.92 Å². The van der Waals surface area contributed by atoms with Crippen molar-refractivity contribution < 1.29 is 27.4 Å². The van der Waals surface area contributed by atoms with Gasteiger partial charge in [0.15, 0.2) is 16.3 Å². The number of piperidine rings is 1. The van der Waals surface area contributed by atoms with Crippen LogP contribution in [0.15, 0.2) is 46.3 Å². The number of carbonyl (C=O) groups excluding carboxylic acids is 1. The van der Waals surface area contributed by atoms with E-state index >= 15 is 0 Å². The van der Waals surface area contributed by atoms with Gasteiger partial charge in [0, 0.05) is 37.7 Å². The fraction of sp³-hybridized carbons (Fsp3) is 0.417. The van der Waals surface area contributed by atoms with Gasteiger partial charge >= 0.3 is 0 Å². The van der Waals surface area contributed by atoms with Gasteiger partial charge in [-0.3, -0.25) is 4.79 Å². The zero-order valence-corrected chi connectivity index (χ0v) is 21.2. The number of ether oxygens (including phenoxy) is 3. The van der Waals surface area contributed by atoms with Crippen molar-refractivity contribution in [3.63, 3.8) is 0 Å². The van der Waals surface area contributed by atoms with Crippen LogP contribution in [0.3, 0.4) is 0 Å². The molecule has 0 atom stereocenters. The normalized spacial score (nSPS) is 17.6. The minimum Gasteiger partial charge on any atom is -0.497 e. The van der Waals surface area contributed by atoms with Gasteiger partial charge in [0.1, 0.15) is 19.0 Å². The Labute approximate surface area is 207 Å². The molecule has 1 saturated heterocycles. The Morgan fingerprint density at radius 1 is 1.11 bits per heavy atom. The number of carbonyl (C=O) groups is 1. The van der Waals surface area contributed by atoms with Crippen LogP contribution in [-0.4, -0.2) is 56.6 Å². The van der Waals surface area contributed by atoms with E-state index in [1.165, 1.54) is 22.8 Å². The summed E-state index contributed by atoms with van der Waals surface area (Å²) >= 11 is 1.44. The SMILES string of the molecule is CCn1c(=NC(=O)C2CCN(S(=O)(=O)c3ccc(OC)cc3)CC2)sc2cc3c(cc21)OCCO3. The first-order chi connectivity index (χ1) is 16.9. The lowest BCUT2D eigenvalue weighted by molar-refractivity contribution is -0.122. The Bertz CT molecular complexity index is 1420. The van der Waals surface area contributed by atoms with Crippen LogP contribution in [0.2, 0.25) is 0 Å². The predicted octanol–water partition coefficient (Wildman–Crippen LogP) is 3.03. The summed E-state index contributed by atoms with van der Waals surface area (Å²) in [7, 11) is -2.09. The molecule has 1 fully saturated rings. The van der Waals surface area contributed by atoms with Crippen LogP contribution in [-0.2, 0) is 21.4 Å². The Kier molecular flexibility index (Phi) is 6.56. The quantitative estimate of drug-likeness (QED) is 0.516. The van der Waals surface area contributed by atoms with E-state index in [1.807, 2.05) is 23.6 Å². The third kappa shape index (κ3) is 4.55. The molecule has 0 bridgehead atoms. The molecule has 2 aliphatic heterocycles. The van der Waals surface area contributed by atoms with Gasteiger partial charge in [-0.15, -0.1) is 0 Å². The predicted molar refractivity (Wildman–Crippen MR) is 132 cm³/mol. The lowest BCUT2D eigenvalue weighted by Gasteiger charge is -2.29. The molecule has 9 nitrogen and oxygen atoms in total. The maximum atomic E-state index is 13.1. The number of hydrogen-bond donors (Lipinski definition) is 0. The number of thiazole rings is 1. The fourth-order valence-electron chi connectivity index (χ4n) is 4.42. The average molecular weight is 518 g/mol. The highest BCUT2D eigenvalue weighted by Crippen LogP contribution is 2.35. The van der Waals surface area contributed by atoms with Gasteiger partial charge in [0.2, 0.25) is 10.0 Å². The molecule has 1 aromatic heterocycles. The molecule has 2 aromatic carbocycles. The van der Waals surface area contributed by atoms with E-state index in [2.05, 4.69) is 4.99 Å². The van der Waals surface area contributed by atoms with Crippen LogP contribution in [0.25, 0.3) is 10.2 Å². The number of amides is 1. The molecule has 1 amide bonds. The Morgan fingerprint density at radius 3 is 2.40 bits per heavy atom. The minimum atomic E-state index is -3.62. The topological polar surface area (TPSA) is 99.4 Å². The smallest absolute Gasteiger partial charge is 0.251 e. The molecule has 35 heavy (non-hydrogen) atoms.